The minimum atomic E-state index is -3.44. The number of benzene rings is 1. The third kappa shape index (κ3) is 5.34. The topological polar surface area (TPSA) is 93.1 Å². The summed E-state index contributed by atoms with van der Waals surface area (Å²) in [6, 6.07) is 6.80. The third-order valence-corrected chi connectivity index (χ3v) is 4.74. The molecule has 154 valence electrons. The highest BCUT2D eigenvalue weighted by Gasteiger charge is 2.26. The normalized spacial score (nSPS) is 12.7. The van der Waals surface area contributed by atoms with Crippen LogP contribution in [0.5, 0.6) is 0 Å². The van der Waals surface area contributed by atoms with Crippen LogP contribution in [0.3, 0.4) is 0 Å². The van der Waals surface area contributed by atoms with Crippen molar-refractivity contribution in [2.75, 3.05) is 16.3 Å². The smallest absolute Gasteiger partial charge is 0.256 e. The number of carbonyl (C=O) groups excluding carboxylic acids is 1. The Labute approximate surface area is 167 Å². The molecule has 28 heavy (non-hydrogen) atoms. The van der Waals surface area contributed by atoms with Crippen LogP contribution in [0.4, 0.5) is 11.5 Å². The van der Waals surface area contributed by atoms with Crippen LogP contribution in [0.25, 0.3) is 0 Å². The maximum absolute atomic E-state index is 12.9. The Balaban J connectivity index is 2.40. The highest BCUT2D eigenvalue weighted by atomic mass is 32.2. The first-order chi connectivity index (χ1) is 12.6. The second kappa shape index (κ2) is 7.24. The largest absolute Gasteiger partial charge is 0.307 e. The number of sulfonamides is 1. The lowest BCUT2D eigenvalue weighted by Crippen LogP contribution is -2.27. The highest BCUT2D eigenvalue weighted by molar-refractivity contribution is 7.92. The summed E-state index contributed by atoms with van der Waals surface area (Å²) in [6.07, 6.45) is 1.08. The number of aryl methyl sites for hydroxylation is 1. The Kier molecular flexibility index (Phi) is 5.67. The quantitative estimate of drug-likeness (QED) is 0.806. The lowest BCUT2D eigenvalue weighted by atomic mass is 9.92. The van der Waals surface area contributed by atoms with Gasteiger partial charge in [-0.25, -0.2) is 13.1 Å². The van der Waals surface area contributed by atoms with Crippen LogP contribution in [-0.2, 0) is 21.0 Å². The lowest BCUT2D eigenvalue weighted by Gasteiger charge is -2.23. The van der Waals surface area contributed by atoms with E-state index in [9.17, 15) is 13.2 Å². The molecule has 2 rings (SSSR count). The van der Waals surface area contributed by atoms with Gasteiger partial charge < -0.3 is 5.32 Å². The molecule has 0 saturated heterocycles. The van der Waals surface area contributed by atoms with Crippen molar-refractivity contribution in [1.82, 2.24) is 9.78 Å². The van der Waals surface area contributed by atoms with Gasteiger partial charge in [-0.3, -0.25) is 9.52 Å². The predicted octanol–water partition coefficient (Wildman–Crippen LogP) is 3.87. The van der Waals surface area contributed by atoms with Gasteiger partial charge in [-0.2, -0.15) is 5.10 Å². The van der Waals surface area contributed by atoms with Crippen LogP contribution < -0.4 is 10.0 Å². The molecule has 0 atom stereocenters. The van der Waals surface area contributed by atoms with Gasteiger partial charge in [0.2, 0.25) is 10.0 Å². The summed E-state index contributed by atoms with van der Waals surface area (Å²) < 4.78 is 27.4. The van der Waals surface area contributed by atoms with Crippen molar-refractivity contribution < 1.29 is 13.2 Å². The van der Waals surface area contributed by atoms with Crippen LogP contribution in [-0.4, -0.2) is 30.4 Å². The van der Waals surface area contributed by atoms with E-state index in [1.54, 1.807) is 23.7 Å². The number of hydrogen-bond acceptors (Lipinski definition) is 4. The number of rotatable bonds is 4. The van der Waals surface area contributed by atoms with Gasteiger partial charge in [0.25, 0.3) is 5.91 Å². The Morgan fingerprint density at radius 2 is 1.68 bits per heavy atom. The van der Waals surface area contributed by atoms with E-state index in [2.05, 4.69) is 35.9 Å². The van der Waals surface area contributed by atoms with Crippen molar-refractivity contribution in [1.29, 1.82) is 0 Å². The van der Waals surface area contributed by atoms with Gasteiger partial charge in [-0.15, -0.1) is 0 Å². The number of aromatic nitrogens is 2. The molecule has 1 aromatic carbocycles. The molecular weight excluding hydrogens is 376 g/mol. The molecule has 0 fully saturated rings. The monoisotopic (exact) mass is 406 g/mol. The first-order valence-corrected chi connectivity index (χ1v) is 11.0. The maximum atomic E-state index is 12.9. The molecule has 1 heterocycles. The molecule has 0 radical (unpaired) electrons. The fraction of sp³-hybridized carbons (Fsp3) is 0.500. The summed E-state index contributed by atoms with van der Waals surface area (Å²) in [7, 11) is -3.44. The molecule has 0 spiro atoms. The molecular formula is C20H30N4O3S. The molecule has 0 aliphatic heterocycles. The Morgan fingerprint density at radius 1 is 1.07 bits per heavy atom. The van der Waals surface area contributed by atoms with Gasteiger partial charge in [0.15, 0.2) is 0 Å². The number of nitrogens with one attached hydrogen (secondary N) is 2. The summed E-state index contributed by atoms with van der Waals surface area (Å²) in [6.45, 7) is 14.0. The second-order valence-electron chi connectivity index (χ2n) is 9.11. The zero-order chi connectivity index (χ0) is 21.5. The molecule has 0 unspecified atom stereocenters. The Bertz CT molecular complexity index is 993. The molecule has 0 aliphatic carbocycles. The molecule has 2 N–H and O–H groups in total. The summed E-state index contributed by atoms with van der Waals surface area (Å²) in [5.74, 6) is 0.267. The van der Waals surface area contributed by atoms with E-state index in [1.807, 2.05) is 26.8 Å². The van der Waals surface area contributed by atoms with E-state index in [0.717, 1.165) is 17.5 Å². The molecule has 7 nitrogen and oxygen atoms in total. The number of nitrogens with zero attached hydrogens (tertiary/aromatic N) is 2. The van der Waals surface area contributed by atoms with E-state index in [0.29, 0.717) is 17.1 Å². The van der Waals surface area contributed by atoms with Crippen molar-refractivity contribution in [3.63, 3.8) is 0 Å². The number of hydrogen-bond donors (Lipinski definition) is 2. The fourth-order valence-corrected chi connectivity index (χ4v) is 3.23. The molecule has 1 amide bonds. The van der Waals surface area contributed by atoms with E-state index in [4.69, 9.17) is 0 Å². The molecule has 0 bridgehead atoms. The zero-order valence-electron chi connectivity index (χ0n) is 17.8. The van der Waals surface area contributed by atoms with E-state index >= 15 is 0 Å². The summed E-state index contributed by atoms with van der Waals surface area (Å²) in [5, 5.41) is 7.61. The van der Waals surface area contributed by atoms with E-state index in [-0.39, 0.29) is 16.9 Å². The first kappa shape index (κ1) is 21.9. The predicted molar refractivity (Wildman–Crippen MR) is 114 cm³/mol. The summed E-state index contributed by atoms with van der Waals surface area (Å²) >= 11 is 0. The van der Waals surface area contributed by atoms with E-state index < -0.39 is 10.0 Å². The second-order valence-corrected chi connectivity index (χ2v) is 10.9. The van der Waals surface area contributed by atoms with E-state index in [1.165, 1.54) is 6.07 Å². The molecule has 0 saturated carbocycles. The third-order valence-electron chi connectivity index (χ3n) is 4.15. The van der Waals surface area contributed by atoms with Crippen LogP contribution in [0.1, 0.15) is 63.2 Å². The van der Waals surface area contributed by atoms with Crippen LogP contribution in [0.15, 0.2) is 24.3 Å². The van der Waals surface area contributed by atoms with Crippen molar-refractivity contribution in [2.24, 2.45) is 0 Å². The average molecular weight is 407 g/mol. The van der Waals surface area contributed by atoms with Crippen LogP contribution in [0.2, 0.25) is 0 Å². The van der Waals surface area contributed by atoms with Crippen molar-refractivity contribution >= 4 is 27.4 Å². The minimum Gasteiger partial charge on any atom is -0.307 e. The van der Waals surface area contributed by atoms with Gasteiger partial charge in [-0.1, -0.05) is 26.8 Å². The number of carbonyl (C=O) groups is 1. The summed E-state index contributed by atoms with van der Waals surface area (Å²) in [4.78, 5) is 12.9. The maximum Gasteiger partial charge on any atom is 0.256 e. The SMILES string of the molecule is Cc1ccc(C(=O)Nc2cc(C(C)(C)C)nn2C(C)(C)C)cc1NS(C)(=O)=O. The van der Waals surface area contributed by atoms with Gasteiger partial charge in [0, 0.05) is 17.0 Å². The molecule has 0 aliphatic rings. The van der Waals surface area contributed by atoms with Gasteiger partial charge >= 0.3 is 0 Å². The molecule has 1 aromatic heterocycles. The van der Waals surface area contributed by atoms with Crippen LogP contribution in [0, 0.1) is 6.92 Å². The fourth-order valence-electron chi connectivity index (χ4n) is 2.61. The number of anilines is 2. The Hall–Kier alpha value is -2.35. The van der Waals surface area contributed by atoms with Gasteiger partial charge in [-0.05, 0) is 45.4 Å². The van der Waals surface area contributed by atoms with Crippen molar-refractivity contribution in [3.8, 4) is 0 Å². The Morgan fingerprint density at radius 3 is 2.18 bits per heavy atom. The lowest BCUT2D eigenvalue weighted by molar-refractivity contribution is 0.102. The molecule has 8 heteroatoms. The van der Waals surface area contributed by atoms with Gasteiger partial charge in [0.05, 0.1) is 23.2 Å². The van der Waals surface area contributed by atoms with Crippen molar-refractivity contribution in [2.45, 2.75) is 59.4 Å². The first-order valence-electron chi connectivity index (χ1n) is 9.09. The minimum absolute atomic E-state index is 0.160. The van der Waals surface area contributed by atoms with Crippen LogP contribution >= 0.6 is 0 Å². The average Bonchev–Trinajstić information content (AvgIpc) is 2.92. The standard InChI is InChI=1S/C20H30N4O3S/c1-13-9-10-14(11-15(13)23-28(8,26)27)18(25)21-17-12-16(19(2,3)4)22-24(17)20(5,6)7/h9-12,23H,1-8H3,(H,21,25). The zero-order valence-corrected chi connectivity index (χ0v) is 18.7. The molecule has 2 aromatic rings. The highest BCUT2D eigenvalue weighted by Crippen LogP contribution is 2.28. The van der Waals surface area contributed by atoms with Crippen molar-refractivity contribution in [3.05, 3.63) is 41.1 Å². The van der Waals surface area contributed by atoms with Gasteiger partial charge in [0.1, 0.15) is 5.82 Å². The summed E-state index contributed by atoms with van der Waals surface area (Å²) in [5.41, 5.74) is 1.87. The number of amides is 1.